The van der Waals surface area contributed by atoms with Crippen molar-refractivity contribution in [2.24, 2.45) is 0 Å². The maximum Gasteiger partial charge on any atom is 0.335 e. The van der Waals surface area contributed by atoms with Crippen molar-refractivity contribution in [3.63, 3.8) is 0 Å². The zero-order chi connectivity index (χ0) is 12.6. The Morgan fingerprint density at radius 3 is 2.53 bits per heavy atom. The SMILES string of the molecule is Cc1cc(C)c(-c2cc(N)n[nH]2)cc1C(=O)O. The van der Waals surface area contributed by atoms with E-state index in [2.05, 4.69) is 10.2 Å². The van der Waals surface area contributed by atoms with Gasteiger partial charge in [0.05, 0.1) is 11.3 Å². The van der Waals surface area contributed by atoms with Crippen LogP contribution in [0.3, 0.4) is 0 Å². The molecule has 88 valence electrons. The van der Waals surface area contributed by atoms with Crippen LogP contribution >= 0.6 is 0 Å². The molecule has 1 aromatic heterocycles. The van der Waals surface area contributed by atoms with Gasteiger partial charge in [-0.3, -0.25) is 5.10 Å². The van der Waals surface area contributed by atoms with Crippen molar-refractivity contribution in [2.75, 3.05) is 5.73 Å². The summed E-state index contributed by atoms with van der Waals surface area (Å²) >= 11 is 0. The highest BCUT2D eigenvalue weighted by Gasteiger charge is 2.12. The van der Waals surface area contributed by atoms with E-state index in [1.165, 1.54) is 0 Å². The Hall–Kier alpha value is -2.30. The van der Waals surface area contributed by atoms with Gasteiger partial charge in [-0.05, 0) is 31.0 Å². The fourth-order valence-electron chi connectivity index (χ4n) is 1.85. The smallest absolute Gasteiger partial charge is 0.335 e. The van der Waals surface area contributed by atoms with E-state index in [1.807, 2.05) is 13.0 Å². The standard InChI is InChI=1S/C12H13N3O2/c1-6-3-7(2)9(12(16)17)4-8(6)10-5-11(13)15-14-10/h3-5H,1-2H3,(H,16,17)(H3,13,14,15). The number of aryl methyl sites for hydroxylation is 2. The number of H-pyrrole nitrogens is 1. The maximum atomic E-state index is 11.1. The summed E-state index contributed by atoms with van der Waals surface area (Å²) in [6.45, 7) is 3.70. The van der Waals surface area contributed by atoms with E-state index in [1.54, 1.807) is 19.1 Å². The molecular formula is C12H13N3O2. The number of nitrogen functional groups attached to an aromatic ring is 1. The summed E-state index contributed by atoms with van der Waals surface area (Å²) in [6.07, 6.45) is 0. The molecular weight excluding hydrogens is 218 g/mol. The van der Waals surface area contributed by atoms with Crippen molar-refractivity contribution in [1.82, 2.24) is 10.2 Å². The van der Waals surface area contributed by atoms with E-state index in [0.29, 0.717) is 11.4 Å². The van der Waals surface area contributed by atoms with E-state index < -0.39 is 5.97 Å². The van der Waals surface area contributed by atoms with Crippen LogP contribution < -0.4 is 5.73 Å². The number of anilines is 1. The number of hydrogen-bond acceptors (Lipinski definition) is 3. The van der Waals surface area contributed by atoms with Crippen molar-refractivity contribution >= 4 is 11.8 Å². The van der Waals surface area contributed by atoms with Gasteiger partial charge >= 0.3 is 5.97 Å². The van der Waals surface area contributed by atoms with Crippen LogP contribution in [0.15, 0.2) is 18.2 Å². The first-order valence-electron chi connectivity index (χ1n) is 5.15. The molecule has 4 N–H and O–H groups in total. The first kappa shape index (κ1) is 11.2. The van der Waals surface area contributed by atoms with Gasteiger partial charge in [-0.1, -0.05) is 6.07 Å². The molecule has 0 aliphatic carbocycles. The Bertz CT molecular complexity index is 587. The molecule has 2 rings (SSSR count). The molecule has 2 aromatic rings. The molecule has 0 amide bonds. The Kier molecular flexibility index (Phi) is 2.59. The molecule has 0 atom stereocenters. The van der Waals surface area contributed by atoms with Crippen LogP contribution in [0.5, 0.6) is 0 Å². The first-order valence-corrected chi connectivity index (χ1v) is 5.15. The molecule has 0 spiro atoms. The Morgan fingerprint density at radius 2 is 2.00 bits per heavy atom. The van der Waals surface area contributed by atoms with Crippen LogP contribution in [0.25, 0.3) is 11.3 Å². The van der Waals surface area contributed by atoms with Crippen molar-refractivity contribution in [2.45, 2.75) is 13.8 Å². The van der Waals surface area contributed by atoms with Gasteiger partial charge in [-0.2, -0.15) is 5.10 Å². The van der Waals surface area contributed by atoms with Gasteiger partial charge in [-0.25, -0.2) is 4.79 Å². The van der Waals surface area contributed by atoms with Gasteiger partial charge in [0.1, 0.15) is 5.82 Å². The van der Waals surface area contributed by atoms with Crippen LogP contribution in [0.2, 0.25) is 0 Å². The number of carbonyl (C=O) groups is 1. The van der Waals surface area contributed by atoms with E-state index in [4.69, 9.17) is 10.8 Å². The van der Waals surface area contributed by atoms with Crippen molar-refractivity contribution in [3.05, 3.63) is 34.9 Å². The minimum Gasteiger partial charge on any atom is -0.478 e. The van der Waals surface area contributed by atoms with Gasteiger partial charge in [0.25, 0.3) is 0 Å². The number of aromatic amines is 1. The molecule has 1 heterocycles. The molecule has 0 unspecified atom stereocenters. The quantitative estimate of drug-likeness (QED) is 0.736. The second-order valence-electron chi connectivity index (χ2n) is 3.99. The molecule has 5 nitrogen and oxygen atoms in total. The molecule has 0 fully saturated rings. The number of nitrogens with zero attached hydrogens (tertiary/aromatic N) is 1. The van der Waals surface area contributed by atoms with Gasteiger partial charge in [-0.15, -0.1) is 0 Å². The summed E-state index contributed by atoms with van der Waals surface area (Å²) in [7, 11) is 0. The number of carboxylic acids is 1. The van der Waals surface area contributed by atoms with Crippen molar-refractivity contribution < 1.29 is 9.90 Å². The normalized spacial score (nSPS) is 10.5. The van der Waals surface area contributed by atoms with Crippen LogP contribution in [-0.4, -0.2) is 21.3 Å². The van der Waals surface area contributed by atoms with Crippen LogP contribution in [0.1, 0.15) is 21.5 Å². The summed E-state index contributed by atoms with van der Waals surface area (Å²) in [5.74, 6) is -0.548. The lowest BCUT2D eigenvalue weighted by molar-refractivity contribution is 0.0696. The predicted molar refractivity (Wildman–Crippen MR) is 64.9 cm³/mol. The number of carboxylic acid groups (broad SMARTS) is 1. The molecule has 0 aliphatic rings. The van der Waals surface area contributed by atoms with E-state index in [0.717, 1.165) is 22.4 Å². The summed E-state index contributed by atoms with van der Waals surface area (Å²) in [6, 6.07) is 5.17. The minimum atomic E-state index is -0.934. The van der Waals surface area contributed by atoms with E-state index >= 15 is 0 Å². The molecule has 0 radical (unpaired) electrons. The lowest BCUT2D eigenvalue weighted by Crippen LogP contribution is -2.01. The highest BCUT2D eigenvalue weighted by Crippen LogP contribution is 2.26. The van der Waals surface area contributed by atoms with Gasteiger partial charge in [0.15, 0.2) is 0 Å². The van der Waals surface area contributed by atoms with Crippen molar-refractivity contribution in [3.8, 4) is 11.3 Å². The maximum absolute atomic E-state index is 11.1. The van der Waals surface area contributed by atoms with E-state index in [-0.39, 0.29) is 0 Å². The minimum absolute atomic E-state index is 0.291. The van der Waals surface area contributed by atoms with Gasteiger partial charge in [0.2, 0.25) is 0 Å². The number of benzene rings is 1. The Morgan fingerprint density at radius 1 is 1.29 bits per heavy atom. The Labute approximate surface area is 98.3 Å². The highest BCUT2D eigenvalue weighted by atomic mass is 16.4. The molecule has 0 saturated carbocycles. The predicted octanol–water partition coefficient (Wildman–Crippen LogP) is 1.97. The summed E-state index contributed by atoms with van der Waals surface area (Å²) in [5, 5.41) is 15.7. The third-order valence-corrected chi connectivity index (χ3v) is 2.69. The summed E-state index contributed by atoms with van der Waals surface area (Å²) in [4.78, 5) is 11.1. The lowest BCUT2D eigenvalue weighted by atomic mass is 9.98. The number of nitrogens with two attached hydrogens (primary N) is 1. The molecule has 1 aromatic carbocycles. The highest BCUT2D eigenvalue weighted by molar-refractivity contribution is 5.91. The largest absolute Gasteiger partial charge is 0.478 e. The van der Waals surface area contributed by atoms with Gasteiger partial charge in [0, 0.05) is 11.6 Å². The summed E-state index contributed by atoms with van der Waals surface area (Å²) in [5.41, 5.74) is 9.08. The lowest BCUT2D eigenvalue weighted by Gasteiger charge is -2.08. The zero-order valence-electron chi connectivity index (χ0n) is 9.61. The number of aromatic carboxylic acids is 1. The Balaban J connectivity index is 2.62. The topological polar surface area (TPSA) is 92.0 Å². The van der Waals surface area contributed by atoms with Gasteiger partial charge < -0.3 is 10.8 Å². The second kappa shape index (κ2) is 3.93. The number of rotatable bonds is 2. The van der Waals surface area contributed by atoms with Crippen molar-refractivity contribution in [1.29, 1.82) is 0 Å². The first-order chi connectivity index (χ1) is 7.99. The molecule has 5 heteroatoms. The fraction of sp³-hybridized carbons (Fsp3) is 0.167. The van der Waals surface area contributed by atoms with Crippen LogP contribution in [-0.2, 0) is 0 Å². The molecule has 0 saturated heterocycles. The number of aromatic nitrogens is 2. The monoisotopic (exact) mass is 231 g/mol. The van der Waals surface area contributed by atoms with Crippen LogP contribution in [0, 0.1) is 13.8 Å². The fourth-order valence-corrected chi connectivity index (χ4v) is 1.85. The molecule has 0 bridgehead atoms. The average molecular weight is 231 g/mol. The third kappa shape index (κ3) is 1.99. The number of hydrogen-bond donors (Lipinski definition) is 3. The van der Waals surface area contributed by atoms with E-state index in [9.17, 15) is 4.79 Å². The second-order valence-corrected chi connectivity index (χ2v) is 3.99. The number of nitrogens with one attached hydrogen (secondary N) is 1. The molecule has 17 heavy (non-hydrogen) atoms. The zero-order valence-corrected chi connectivity index (χ0v) is 9.61. The average Bonchev–Trinajstić information content (AvgIpc) is 2.64. The molecule has 0 aliphatic heterocycles. The van der Waals surface area contributed by atoms with Crippen LogP contribution in [0.4, 0.5) is 5.82 Å². The third-order valence-electron chi connectivity index (χ3n) is 2.69. The summed E-state index contributed by atoms with van der Waals surface area (Å²) < 4.78 is 0.